The molecular weight excluding hydrogens is 272 g/mol. The summed E-state index contributed by atoms with van der Waals surface area (Å²) in [5.74, 6) is 1.61. The number of aromatic nitrogens is 2. The van der Waals surface area contributed by atoms with Crippen molar-refractivity contribution in [3.05, 3.63) is 10.9 Å². The van der Waals surface area contributed by atoms with Gasteiger partial charge in [-0.15, -0.1) is 11.3 Å². The smallest absolute Gasteiger partial charge is 0.226 e. The van der Waals surface area contributed by atoms with Gasteiger partial charge in [0.25, 0.3) is 0 Å². The first-order valence-corrected chi connectivity index (χ1v) is 7.89. The second-order valence-corrected chi connectivity index (χ2v) is 6.35. The van der Waals surface area contributed by atoms with Crippen molar-refractivity contribution in [1.29, 1.82) is 0 Å². The molecule has 2 atom stereocenters. The summed E-state index contributed by atoms with van der Waals surface area (Å²) in [6.45, 7) is 7.89. The zero-order valence-corrected chi connectivity index (χ0v) is 12.9. The molecule has 2 N–H and O–H groups in total. The lowest BCUT2D eigenvalue weighted by Crippen LogP contribution is -2.27. The molecule has 3 rings (SSSR count). The Morgan fingerprint density at radius 3 is 3.00 bits per heavy atom. The molecule has 20 heavy (non-hydrogen) atoms. The molecule has 0 amide bonds. The summed E-state index contributed by atoms with van der Waals surface area (Å²) >= 11 is 1.70. The van der Waals surface area contributed by atoms with Gasteiger partial charge in [0.2, 0.25) is 5.95 Å². The lowest BCUT2D eigenvalue weighted by atomic mass is 10.1. The van der Waals surface area contributed by atoms with Crippen LogP contribution in [0.15, 0.2) is 6.07 Å². The van der Waals surface area contributed by atoms with Crippen molar-refractivity contribution < 1.29 is 4.74 Å². The van der Waals surface area contributed by atoms with E-state index >= 15 is 0 Å². The molecule has 108 valence electrons. The van der Waals surface area contributed by atoms with E-state index in [1.807, 2.05) is 6.92 Å². The average Bonchev–Trinajstić information content (AvgIpc) is 2.96. The van der Waals surface area contributed by atoms with Crippen molar-refractivity contribution >= 4 is 33.3 Å². The third-order valence-electron chi connectivity index (χ3n) is 3.55. The molecule has 0 spiro atoms. The van der Waals surface area contributed by atoms with Gasteiger partial charge in [-0.3, -0.25) is 0 Å². The van der Waals surface area contributed by atoms with Crippen molar-refractivity contribution in [2.24, 2.45) is 0 Å². The van der Waals surface area contributed by atoms with Crippen molar-refractivity contribution in [1.82, 2.24) is 9.97 Å². The van der Waals surface area contributed by atoms with Gasteiger partial charge in [0.05, 0.1) is 17.5 Å². The maximum Gasteiger partial charge on any atom is 0.226 e. The Kier molecular flexibility index (Phi) is 3.76. The molecule has 3 heterocycles. The number of aryl methyl sites for hydroxylation is 1. The quantitative estimate of drug-likeness (QED) is 0.907. The number of hydrogen-bond donors (Lipinski definition) is 2. The molecule has 0 radical (unpaired) electrons. The van der Waals surface area contributed by atoms with Gasteiger partial charge in [0.15, 0.2) is 0 Å². The molecule has 1 saturated heterocycles. The fraction of sp³-hybridized carbons (Fsp3) is 0.571. The van der Waals surface area contributed by atoms with Crippen molar-refractivity contribution in [2.75, 3.05) is 23.8 Å². The Balaban J connectivity index is 1.98. The lowest BCUT2D eigenvalue weighted by Gasteiger charge is -2.17. The minimum absolute atomic E-state index is 0.224. The zero-order valence-electron chi connectivity index (χ0n) is 12.1. The number of nitrogens with zero attached hydrogens (tertiary/aromatic N) is 2. The van der Waals surface area contributed by atoms with Crippen LogP contribution < -0.4 is 10.6 Å². The van der Waals surface area contributed by atoms with Gasteiger partial charge in [-0.2, -0.15) is 4.98 Å². The third kappa shape index (κ3) is 2.58. The summed E-state index contributed by atoms with van der Waals surface area (Å²) in [6.07, 6.45) is 1.24. The van der Waals surface area contributed by atoms with Gasteiger partial charge >= 0.3 is 0 Å². The summed E-state index contributed by atoms with van der Waals surface area (Å²) in [5, 5.41) is 7.84. The Morgan fingerprint density at radius 2 is 2.30 bits per heavy atom. The van der Waals surface area contributed by atoms with Crippen LogP contribution in [0.2, 0.25) is 0 Å². The van der Waals surface area contributed by atoms with Gasteiger partial charge in [0, 0.05) is 18.0 Å². The molecular formula is C14H20N4OS. The first kappa shape index (κ1) is 13.6. The predicted octanol–water partition coefficient (Wildman–Crippen LogP) is 3.02. The lowest BCUT2D eigenvalue weighted by molar-refractivity contribution is 0.121. The van der Waals surface area contributed by atoms with Crippen LogP contribution >= 0.6 is 11.3 Å². The van der Waals surface area contributed by atoms with Crippen LogP contribution in [0.5, 0.6) is 0 Å². The Labute approximate surface area is 122 Å². The minimum atomic E-state index is 0.224. The summed E-state index contributed by atoms with van der Waals surface area (Å²) in [6, 6.07) is 2.47. The van der Waals surface area contributed by atoms with E-state index in [2.05, 4.69) is 40.5 Å². The topological polar surface area (TPSA) is 59.1 Å². The summed E-state index contributed by atoms with van der Waals surface area (Å²) in [5.41, 5.74) is 0. The van der Waals surface area contributed by atoms with E-state index in [1.165, 1.54) is 4.88 Å². The molecule has 6 heteroatoms. The third-order valence-corrected chi connectivity index (χ3v) is 4.49. The summed E-state index contributed by atoms with van der Waals surface area (Å²) in [7, 11) is 0. The highest BCUT2D eigenvalue weighted by molar-refractivity contribution is 7.18. The van der Waals surface area contributed by atoms with E-state index in [4.69, 9.17) is 4.74 Å². The zero-order chi connectivity index (χ0) is 14.1. The van der Waals surface area contributed by atoms with E-state index in [1.54, 1.807) is 11.3 Å². The average molecular weight is 292 g/mol. The first-order chi connectivity index (χ1) is 9.67. The fourth-order valence-corrected chi connectivity index (χ4v) is 3.37. The largest absolute Gasteiger partial charge is 0.376 e. The number of ether oxygens (including phenoxy) is 1. The van der Waals surface area contributed by atoms with Crippen LogP contribution in [-0.2, 0) is 4.74 Å². The molecule has 2 aromatic rings. The predicted molar refractivity (Wildman–Crippen MR) is 83.8 cm³/mol. The van der Waals surface area contributed by atoms with E-state index in [0.717, 1.165) is 35.6 Å². The van der Waals surface area contributed by atoms with E-state index in [0.29, 0.717) is 12.0 Å². The monoisotopic (exact) mass is 292 g/mol. The molecule has 0 aromatic carbocycles. The van der Waals surface area contributed by atoms with Gasteiger partial charge in [-0.05, 0) is 33.3 Å². The SMILES string of the molecule is CCNc1nc(NC2CCOC2C)c2cc(C)sc2n1. The second kappa shape index (κ2) is 5.54. The number of anilines is 2. The van der Waals surface area contributed by atoms with Crippen LogP contribution in [0.3, 0.4) is 0 Å². The van der Waals surface area contributed by atoms with Crippen molar-refractivity contribution in [3.63, 3.8) is 0 Å². The fourth-order valence-electron chi connectivity index (χ4n) is 2.49. The highest BCUT2D eigenvalue weighted by Crippen LogP contribution is 2.31. The molecule has 0 saturated carbocycles. The van der Waals surface area contributed by atoms with Crippen LogP contribution in [0.25, 0.3) is 10.2 Å². The minimum Gasteiger partial charge on any atom is -0.376 e. The van der Waals surface area contributed by atoms with Crippen molar-refractivity contribution in [3.8, 4) is 0 Å². The van der Waals surface area contributed by atoms with Gasteiger partial charge in [-0.1, -0.05) is 0 Å². The number of fused-ring (bicyclic) bond motifs is 1. The molecule has 1 aliphatic rings. The summed E-state index contributed by atoms with van der Waals surface area (Å²) < 4.78 is 5.61. The van der Waals surface area contributed by atoms with Crippen LogP contribution in [0.4, 0.5) is 11.8 Å². The maximum absolute atomic E-state index is 5.61. The summed E-state index contributed by atoms with van der Waals surface area (Å²) in [4.78, 5) is 11.5. The number of hydrogen-bond acceptors (Lipinski definition) is 6. The first-order valence-electron chi connectivity index (χ1n) is 7.07. The van der Waals surface area contributed by atoms with Crippen LogP contribution in [0, 0.1) is 6.92 Å². The molecule has 0 aliphatic carbocycles. The number of thiophene rings is 1. The van der Waals surface area contributed by atoms with Crippen LogP contribution in [0.1, 0.15) is 25.1 Å². The Morgan fingerprint density at radius 1 is 1.45 bits per heavy atom. The normalized spacial score (nSPS) is 22.4. The van der Waals surface area contributed by atoms with Crippen molar-refractivity contribution in [2.45, 2.75) is 39.3 Å². The Hall–Kier alpha value is -1.40. The van der Waals surface area contributed by atoms with Gasteiger partial charge < -0.3 is 15.4 Å². The standard InChI is InChI=1S/C14H20N4OS/c1-4-15-14-17-12(16-11-5-6-19-9(11)3)10-7-8(2)20-13(10)18-14/h7,9,11H,4-6H2,1-3H3,(H2,15,16,17,18). The highest BCUT2D eigenvalue weighted by Gasteiger charge is 2.25. The molecule has 5 nitrogen and oxygen atoms in total. The molecule has 1 aliphatic heterocycles. The van der Waals surface area contributed by atoms with Crippen LogP contribution in [-0.4, -0.2) is 35.3 Å². The number of nitrogens with one attached hydrogen (secondary N) is 2. The number of rotatable bonds is 4. The molecule has 2 aromatic heterocycles. The molecule has 1 fully saturated rings. The van der Waals surface area contributed by atoms with E-state index in [9.17, 15) is 0 Å². The maximum atomic E-state index is 5.61. The molecule has 2 unspecified atom stereocenters. The second-order valence-electron chi connectivity index (χ2n) is 5.12. The van der Waals surface area contributed by atoms with Gasteiger partial charge in [-0.25, -0.2) is 4.98 Å². The van der Waals surface area contributed by atoms with E-state index in [-0.39, 0.29) is 6.10 Å². The van der Waals surface area contributed by atoms with E-state index < -0.39 is 0 Å². The molecule has 0 bridgehead atoms. The van der Waals surface area contributed by atoms with Gasteiger partial charge in [0.1, 0.15) is 10.6 Å². The highest BCUT2D eigenvalue weighted by atomic mass is 32.1. The Bertz CT molecular complexity index is 612.